The minimum atomic E-state index is -0.922. The third kappa shape index (κ3) is 8.19. The lowest BCUT2D eigenvalue weighted by Gasteiger charge is -2.10. The largest absolute Gasteiger partial charge is 0.494 e. The van der Waals surface area contributed by atoms with Gasteiger partial charge < -0.3 is 10.1 Å². The van der Waals surface area contributed by atoms with Gasteiger partial charge in [-0.2, -0.15) is 0 Å². The lowest BCUT2D eigenvalue weighted by molar-refractivity contribution is -0.139. The molecule has 138 valence electrons. The number of unbranched alkanes of at least 4 members (excludes halogenated alkanes) is 3. The van der Waals surface area contributed by atoms with E-state index in [9.17, 15) is 14.4 Å². The topological polar surface area (TPSA) is 96.5 Å². The van der Waals surface area contributed by atoms with E-state index in [-0.39, 0.29) is 6.04 Å². The molecule has 0 aromatic heterocycles. The summed E-state index contributed by atoms with van der Waals surface area (Å²) in [6, 6.07) is 6.42. The van der Waals surface area contributed by atoms with Gasteiger partial charge >= 0.3 is 11.8 Å². The van der Waals surface area contributed by atoms with Crippen molar-refractivity contribution in [2.45, 2.75) is 52.5 Å². The molecule has 0 bridgehead atoms. The van der Waals surface area contributed by atoms with Gasteiger partial charge in [0.25, 0.3) is 5.91 Å². The van der Waals surface area contributed by atoms with Crippen molar-refractivity contribution in [3.8, 4) is 5.75 Å². The average Bonchev–Trinajstić information content (AvgIpc) is 2.59. The first-order chi connectivity index (χ1) is 11.9. The second kappa shape index (κ2) is 11.1. The lowest BCUT2D eigenvalue weighted by Crippen LogP contribution is -2.49. The molecule has 0 radical (unpaired) electrons. The molecule has 7 nitrogen and oxygen atoms in total. The third-order valence-electron chi connectivity index (χ3n) is 3.30. The van der Waals surface area contributed by atoms with Crippen LogP contribution in [0.1, 0.15) is 56.8 Å². The molecule has 0 spiro atoms. The van der Waals surface area contributed by atoms with Gasteiger partial charge in [0.05, 0.1) is 6.61 Å². The molecule has 7 heteroatoms. The van der Waals surface area contributed by atoms with Crippen molar-refractivity contribution in [2.75, 3.05) is 6.61 Å². The molecule has 0 aliphatic carbocycles. The number of benzene rings is 1. The quantitative estimate of drug-likeness (QED) is 0.379. The maximum Gasteiger partial charge on any atom is 0.327 e. The van der Waals surface area contributed by atoms with Crippen LogP contribution in [0.25, 0.3) is 0 Å². The van der Waals surface area contributed by atoms with Crippen LogP contribution in [0.5, 0.6) is 5.75 Å². The Morgan fingerprint density at radius 2 is 1.64 bits per heavy atom. The maximum atomic E-state index is 11.9. The summed E-state index contributed by atoms with van der Waals surface area (Å²) in [5.41, 5.74) is 4.62. The number of rotatable bonds is 8. The second-order valence-electron chi connectivity index (χ2n) is 5.97. The Hall–Kier alpha value is -2.57. The Morgan fingerprint density at radius 1 is 0.960 bits per heavy atom. The van der Waals surface area contributed by atoms with E-state index in [1.54, 1.807) is 38.1 Å². The van der Waals surface area contributed by atoms with Gasteiger partial charge in [0.1, 0.15) is 5.75 Å². The predicted molar refractivity (Wildman–Crippen MR) is 95.0 cm³/mol. The first-order valence-corrected chi connectivity index (χ1v) is 8.58. The molecule has 0 heterocycles. The number of nitrogens with one attached hydrogen (secondary N) is 3. The van der Waals surface area contributed by atoms with Crippen LogP contribution in [-0.4, -0.2) is 30.4 Å². The molecule has 1 aromatic carbocycles. The van der Waals surface area contributed by atoms with Crippen LogP contribution in [-0.2, 0) is 9.59 Å². The van der Waals surface area contributed by atoms with Crippen LogP contribution in [0.15, 0.2) is 24.3 Å². The summed E-state index contributed by atoms with van der Waals surface area (Å²) in [7, 11) is 0. The summed E-state index contributed by atoms with van der Waals surface area (Å²) < 4.78 is 5.60. The molecule has 0 atom stereocenters. The molecule has 0 saturated carbocycles. The number of amides is 3. The fourth-order valence-electron chi connectivity index (χ4n) is 1.99. The van der Waals surface area contributed by atoms with Crippen LogP contribution in [0.4, 0.5) is 0 Å². The van der Waals surface area contributed by atoms with Crippen molar-refractivity contribution < 1.29 is 19.1 Å². The molecule has 1 aromatic rings. The van der Waals surface area contributed by atoms with Gasteiger partial charge in [-0.25, -0.2) is 0 Å². The fraction of sp³-hybridized carbons (Fsp3) is 0.500. The van der Waals surface area contributed by atoms with Gasteiger partial charge in [0.15, 0.2) is 0 Å². The normalized spacial score (nSPS) is 10.2. The number of carbonyl (C=O) groups is 3. The van der Waals surface area contributed by atoms with Crippen LogP contribution < -0.4 is 20.9 Å². The Balaban J connectivity index is 2.38. The second-order valence-corrected chi connectivity index (χ2v) is 5.97. The first-order valence-electron chi connectivity index (χ1n) is 8.58. The minimum Gasteiger partial charge on any atom is -0.494 e. The Labute approximate surface area is 148 Å². The Bertz CT molecular complexity index is 570. The van der Waals surface area contributed by atoms with E-state index in [2.05, 4.69) is 23.1 Å². The first kappa shape index (κ1) is 20.5. The summed E-state index contributed by atoms with van der Waals surface area (Å²) in [5, 5.41) is 2.43. The highest BCUT2D eigenvalue weighted by Gasteiger charge is 2.15. The molecule has 1 rings (SSSR count). The lowest BCUT2D eigenvalue weighted by atomic mass is 10.2. The summed E-state index contributed by atoms with van der Waals surface area (Å²) in [4.78, 5) is 34.9. The molecule has 0 saturated heterocycles. The number of hydrogen-bond acceptors (Lipinski definition) is 4. The number of hydrazine groups is 1. The smallest absolute Gasteiger partial charge is 0.327 e. The van der Waals surface area contributed by atoms with Crippen molar-refractivity contribution in [1.82, 2.24) is 16.2 Å². The molecule has 0 fully saturated rings. The molecular weight excluding hydrogens is 322 g/mol. The monoisotopic (exact) mass is 349 g/mol. The predicted octanol–water partition coefficient (Wildman–Crippen LogP) is 1.93. The van der Waals surface area contributed by atoms with Crippen LogP contribution in [0, 0.1) is 0 Å². The zero-order chi connectivity index (χ0) is 18.7. The highest BCUT2D eigenvalue weighted by molar-refractivity contribution is 6.35. The van der Waals surface area contributed by atoms with E-state index < -0.39 is 17.7 Å². The fourth-order valence-corrected chi connectivity index (χ4v) is 1.99. The van der Waals surface area contributed by atoms with Gasteiger partial charge in [-0.15, -0.1) is 0 Å². The third-order valence-corrected chi connectivity index (χ3v) is 3.30. The van der Waals surface area contributed by atoms with E-state index in [4.69, 9.17) is 4.74 Å². The van der Waals surface area contributed by atoms with E-state index in [0.29, 0.717) is 17.9 Å². The molecule has 0 unspecified atom stereocenters. The van der Waals surface area contributed by atoms with Crippen LogP contribution >= 0.6 is 0 Å². The zero-order valence-electron chi connectivity index (χ0n) is 15.1. The summed E-state index contributed by atoms with van der Waals surface area (Å²) in [6.07, 6.45) is 4.52. The van der Waals surface area contributed by atoms with Crippen molar-refractivity contribution in [3.05, 3.63) is 29.8 Å². The molecular formula is C18H27N3O4. The van der Waals surface area contributed by atoms with Gasteiger partial charge in [-0.1, -0.05) is 26.2 Å². The van der Waals surface area contributed by atoms with Gasteiger partial charge in [-0.05, 0) is 44.5 Å². The van der Waals surface area contributed by atoms with Gasteiger partial charge in [-0.3, -0.25) is 25.2 Å². The van der Waals surface area contributed by atoms with Crippen LogP contribution in [0.3, 0.4) is 0 Å². The highest BCUT2D eigenvalue weighted by Crippen LogP contribution is 2.13. The van der Waals surface area contributed by atoms with Crippen molar-refractivity contribution in [3.63, 3.8) is 0 Å². The van der Waals surface area contributed by atoms with E-state index in [1.807, 2.05) is 0 Å². The highest BCUT2D eigenvalue weighted by atomic mass is 16.5. The van der Waals surface area contributed by atoms with E-state index >= 15 is 0 Å². The van der Waals surface area contributed by atoms with Crippen molar-refractivity contribution in [2.24, 2.45) is 0 Å². The van der Waals surface area contributed by atoms with Crippen molar-refractivity contribution in [1.29, 1.82) is 0 Å². The maximum absolute atomic E-state index is 11.9. The Morgan fingerprint density at radius 3 is 2.24 bits per heavy atom. The standard InChI is InChI=1S/C18H27N3O4/c1-4-5-6-7-12-25-15-10-8-14(9-11-15)16(22)20-21-18(24)17(23)19-13(2)3/h8-11,13H,4-7,12H2,1-3H3,(H,19,23)(H,20,22)(H,21,24). The molecule has 0 aliphatic heterocycles. The summed E-state index contributed by atoms with van der Waals surface area (Å²) in [5.74, 6) is -1.55. The van der Waals surface area contributed by atoms with Gasteiger partial charge in [0, 0.05) is 11.6 Å². The molecule has 3 N–H and O–H groups in total. The SMILES string of the molecule is CCCCCCOc1ccc(C(=O)NNC(=O)C(=O)NC(C)C)cc1. The van der Waals surface area contributed by atoms with E-state index in [0.717, 1.165) is 12.8 Å². The van der Waals surface area contributed by atoms with Crippen molar-refractivity contribution >= 4 is 17.7 Å². The zero-order valence-corrected chi connectivity index (χ0v) is 15.1. The minimum absolute atomic E-state index is 0.163. The molecule has 3 amide bonds. The average molecular weight is 349 g/mol. The molecule has 0 aliphatic rings. The Kier molecular flexibility index (Phi) is 9.06. The number of carbonyl (C=O) groups excluding carboxylic acids is 3. The molecule has 25 heavy (non-hydrogen) atoms. The number of hydrogen-bond donors (Lipinski definition) is 3. The summed E-state index contributed by atoms with van der Waals surface area (Å²) in [6.45, 7) is 6.27. The summed E-state index contributed by atoms with van der Waals surface area (Å²) >= 11 is 0. The van der Waals surface area contributed by atoms with E-state index in [1.165, 1.54) is 12.8 Å². The van der Waals surface area contributed by atoms with Gasteiger partial charge in [0.2, 0.25) is 0 Å². The van der Waals surface area contributed by atoms with Crippen LogP contribution in [0.2, 0.25) is 0 Å². The number of ether oxygens (including phenoxy) is 1.